The van der Waals surface area contributed by atoms with Gasteiger partial charge < -0.3 is 23.8 Å². The van der Waals surface area contributed by atoms with Gasteiger partial charge in [-0.2, -0.15) is 0 Å². The monoisotopic (exact) mass is 528 g/mol. The van der Waals surface area contributed by atoms with Crippen LogP contribution in [-0.2, 0) is 4.79 Å². The van der Waals surface area contributed by atoms with Crippen LogP contribution in [0.15, 0.2) is 86.6 Å². The summed E-state index contributed by atoms with van der Waals surface area (Å²) in [5.41, 5.74) is 1.62. The van der Waals surface area contributed by atoms with E-state index in [-0.39, 0.29) is 40.0 Å². The predicted molar refractivity (Wildman–Crippen MR) is 138 cm³/mol. The van der Waals surface area contributed by atoms with Gasteiger partial charge in [0.05, 0.1) is 23.5 Å². The molecule has 6 rings (SSSR count). The molecule has 0 unspecified atom stereocenters. The molecule has 0 spiro atoms. The Bertz CT molecular complexity index is 1800. The lowest BCUT2D eigenvalue weighted by molar-refractivity contribution is -0.135. The van der Waals surface area contributed by atoms with Crippen molar-refractivity contribution in [2.75, 3.05) is 0 Å². The van der Waals surface area contributed by atoms with Crippen molar-refractivity contribution in [3.63, 3.8) is 0 Å². The molecule has 188 valence electrons. The number of phenols is 1. The van der Waals surface area contributed by atoms with E-state index in [1.54, 1.807) is 48.5 Å². The Morgan fingerprint density at radius 3 is 2.37 bits per heavy atom. The number of halogens is 1. The molecule has 0 bridgehead atoms. The second-order valence-corrected chi connectivity index (χ2v) is 9.25. The van der Waals surface area contributed by atoms with Crippen LogP contribution in [0.3, 0.4) is 0 Å². The normalized spacial score (nSPS) is 14.8. The first-order valence-corrected chi connectivity index (χ1v) is 11.9. The van der Waals surface area contributed by atoms with E-state index in [0.717, 1.165) is 0 Å². The molecule has 5 aromatic rings. The van der Waals surface area contributed by atoms with Crippen LogP contribution in [0.2, 0.25) is 5.02 Å². The minimum absolute atomic E-state index is 0.0461. The minimum Gasteiger partial charge on any atom is -0.507 e. The average Bonchev–Trinajstić information content (AvgIpc) is 3.39. The molecule has 2 N–H and O–H groups in total. The summed E-state index contributed by atoms with van der Waals surface area (Å²) in [6.45, 7) is 0. The summed E-state index contributed by atoms with van der Waals surface area (Å²) < 4.78 is 17.4. The van der Waals surface area contributed by atoms with Gasteiger partial charge in [0.15, 0.2) is 0 Å². The molecule has 2 aromatic heterocycles. The molecular weight excluding hydrogens is 512 g/mol. The zero-order chi connectivity index (χ0) is 26.6. The Labute approximate surface area is 219 Å². The Hall–Kier alpha value is -4.82. The van der Waals surface area contributed by atoms with Crippen molar-refractivity contribution in [3.05, 3.63) is 105 Å². The molecule has 0 saturated heterocycles. The number of carboxylic acid groups (broad SMARTS) is 1. The van der Waals surface area contributed by atoms with Crippen LogP contribution in [0.25, 0.3) is 33.4 Å². The Balaban J connectivity index is 1.48. The fraction of sp³-hybridized carbons (Fsp3) is 0.0690. The maximum atomic E-state index is 13.5. The van der Waals surface area contributed by atoms with Crippen molar-refractivity contribution in [3.8, 4) is 33.9 Å². The summed E-state index contributed by atoms with van der Waals surface area (Å²) in [4.78, 5) is 37.1. The van der Waals surface area contributed by atoms with E-state index in [0.29, 0.717) is 33.2 Å². The number of fused-ring (bicyclic) bond motifs is 3. The first-order chi connectivity index (χ1) is 18.3. The summed E-state index contributed by atoms with van der Waals surface area (Å²) >= 11 is 5.97. The highest BCUT2D eigenvalue weighted by molar-refractivity contribution is 6.30. The zero-order valence-corrected chi connectivity index (χ0v) is 20.2. The number of benzene rings is 3. The van der Waals surface area contributed by atoms with Crippen LogP contribution in [0, 0.1) is 0 Å². The van der Waals surface area contributed by atoms with E-state index in [2.05, 4.69) is 0 Å². The Morgan fingerprint density at radius 2 is 1.66 bits per heavy atom. The average molecular weight is 529 g/mol. The van der Waals surface area contributed by atoms with E-state index >= 15 is 0 Å². The Kier molecular flexibility index (Phi) is 5.54. The van der Waals surface area contributed by atoms with Gasteiger partial charge in [0.2, 0.25) is 5.43 Å². The first kappa shape index (κ1) is 23.6. The standard InChI is InChI=1S/C29H17ClO8/c30-17-7-5-14(6-8-17)19-13-36-28-25-18(11-24(32)38-23(25)12-20(31)26(28)27(19)33)22-10-9-21(37-22)15-1-3-16(4-2-15)29(34)35/h1-10,12-13,18,31H,11H2,(H,34,35)/t18-/m1/s1. The van der Waals surface area contributed by atoms with Gasteiger partial charge >= 0.3 is 11.9 Å². The Morgan fingerprint density at radius 1 is 0.947 bits per heavy atom. The van der Waals surface area contributed by atoms with Crippen molar-refractivity contribution in [1.82, 2.24) is 0 Å². The fourth-order valence-electron chi connectivity index (χ4n) is 4.68. The van der Waals surface area contributed by atoms with E-state index in [1.807, 2.05) is 0 Å². The number of aromatic carboxylic acids is 1. The quantitative estimate of drug-likeness (QED) is 0.208. The number of carbonyl (C=O) groups excluding carboxylic acids is 1. The lowest BCUT2D eigenvalue weighted by atomic mass is 9.88. The number of hydrogen-bond acceptors (Lipinski definition) is 7. The number of esters is 1. The van der Waals surface area contributed by atoms with Gasteiger partial charge in [-0.1, -0.05) is 35.9 Å². The van der Waals surface area contributed by atoms with Gasteiger partial charge in [-0.3, -0.25) is 9.59 Å². The van der Waals surface area contributed by atoms with Gasteiger partial charge in [0, 0.05) is 22.2 Å². The van der Waals surface area contributed by atoms with Crippen LogP contribution < -0.4 is 10.2 Å². The number of ether oxygens (including phenoxy) is 1. The number of hydrogen-bond donors (Lipinski definition) is 2. The van der Waals surface area contributed by atoms with E-state index in [1.165, 1.54) is 24.5 Å². The molecule has 0 radical (unpaired) electrons. The second-order valence-electron chi connectivity index (χ2n) is 8.81. The number of rotatable bonds is 4. The van der Waals surface area contributed by atoms with E-state index in [9.17, 15) is 19.5 Å². The highest BCUT2D eigenvalue weighted by Gasteiger charge is 2.35. The highest BCUT2D eigenvalue weighted by Crippen LogP contribution is 2.46. The molecule has 9 heteroatoms. The first-order valence-electron chi connectivity index (χ1n) is 11.5. The van der Waals surface area contributed by atoms with E-state index < -0.39 is 23.3 Å². The summed E-state index contributed by atoms with van der Waals surface area (Å²) in [6, 6.07) is 17.5. The lowest BCUT2D eigenvalue weighted by Crippen LogP contribution is -2.21. The number of aromatic hydroxyl groups is 1. The van der Waals surface area contributed by atoms with Crippen LogP contribution in [-0.4, -0.2) is 22.2 Å². The molecule has 1 aliphatic heterocycles. The predicted octanol–water partition coefficient (Wildman–Crippen LogP) is 6.22. The third kappa shape index (κ3) is 3.91. The largest absolute Gasteiger partial charge is 0.507 e. The second kappa shape index (κ2) is 8.93. The SMILES string of the molecule is O=C1C[C@H](c2ccc(-c3ccc(C(=O)O)cc3)o2)c2c(cc(O)c3c(=O)c(-c4ccc(Cl)cc4)coc23)O1. The van der Waals surface area contributed by atoms with Crippen LogP contribution in [0.1, 0.15) is 34.0 Å². The maximum Gasteiger partial charge on any atom is 0.335 e. The maximum absolute atomic E-state index is 13.5. The molecule has 3 heterocycles. The van der Waals surface area contributed by atoms with Crippen LogP contribution in [0.4, 0.5) is 0 Å². The summed E-state index contributed by atoms with van der Waals surface area (Å²) in [5.74, 6) is -1.66. The minimum atomic E-state index is -1.04. The highest BCUT2D eigenvalue weighted by atomic mass is 35.5. The van der Waals surface area contributed by atoms with Gasteiger partial charge in [0.1, 0.15) is 40.3 Å². The summed E-state index contributed by atoms with van der Waals surface area (Å²) in [6.07, 6.45) is 1.22. The molecule has 0 saturated carbocycles. The van der Waals surface area contributed by atoms with Crippen molar-refractivity contribution >= 4 is 34.5 Å². The van der Waals surface area contributed by atoms with Gasteiger partial charge in [-0.15, -0.1) is 0 Å². The third-order valence-corrected chi connectivity index (χ3v) is 6.76. The fourth-order valence-corrected chi connectivity index (χ4v) is 4.80. The molecular formula is C29H17ClO8. The van der Waals surface area contributed by atoms with Crippen LogP contribution in [0.5, 0.6) is 11.5 Å². The zero-order valence-electron chi connectivity index (χ0n) is 19.4. The smallest absolute Gasteiger partial charge is 0.335 e. The molecule has 3 aromatic carbocycles. The number of furan rings is 1. The molecule has 1 aliphatic rings. The summed E-state index contributed by atoms with van der Waals surface area (Å²) in [7, 11) is 0. The molecule has 0 aliphatic carbocycles. The molecule has 1 atom stereocenters. The third-order valence-electron chi connectivity index (χ3n) is 6.51. The van der Waals surface area contributed by atoms with Crippen LogP contribution >= 0.6 is 11.6 Å². The van der Waals surface area contributed by atoms with Gasteiger partial charge in [0.25, 0.3) is 0 Å². The number of phenolic OH excluding ortho intramolecular Hbond substituents is 1. The number of carbonyl (C=O) groups is 2. The van der Waals surface area contributed by atoms with Crippen molar-refractivity contribution < 1.29 is 33.4 Å². The van der Waals surface area contributed by atoms with Crippen molar-refractivity contribution in [2.24, 2.45) is 0 Å². The summed E-state index contributed by atoms with van der Waals surface area (Å²) in [5, 5.41) is 20.3. The topological polar surface area (TPSA) is 127 Å². The van der Waals surface area contributed by atoms with Crippen molar-refractivity contribution in [1.29, 1.82) is 0 Å². The lowest BCUT2D eigenvalue weighted by Gasteiger charge is -2.24. The molecule has 0 fully saturated rings. The van der Waals surface area contributed by atoms with E-state index in [4.69, 9.17) is 30.3 Å². The van der Waals surface area contributed by atoms with Gasteiger partial charge in [-0.25, -0.2) is 4.79 Å². The number of carboxylic acids is 1. The molecule has 38 heavy (non-hydrogen) atoms. The molecule has 0 amide bonds. The van der Waals surface area contributed by atoms with Gasteiger partial charge in [-0.05, 0) is 42.0 Å². The van der Waals surface area contributed by atoms with Crippen molar-refractivity contribution in [2.45, 2.75) is 12.3 Å². The molecule has 8 nitrogen and oxygen atoms in total.